The number of anilines is 1. The maximum absolute atomic E-state index is 12.4. The monoisotopic (exact) mass is 454 g/mol. The van der Waals surface area contributed by atoms with Crippen LogP contribution in [0, 0.1) is 17.3 Å². The standard InChI is InChI=1S/C22H34N2O6S/c1-22(2,3)16-9-7-15(8-10-16)21(26)30-14-20(25)23-18-13-17(11-12-19(18)29-6)31(27,28)24(4)5/h11-13,15-16H,7-10,14H2,1-6H3,(H,23,25). The molecule has 1 N–H and O–H groups in total. The number of carbonyl (C=O) groups excluding carboxylic acids is 2. The van der Waals surface area contributed by atoms with Gasteiger partial charge in [0.25, 0.3) is 5.91 Å². The summed E-state index contributed by atoms with van der Waals surface area (Å²) >= 11 is 0. The van der Waals surface area contributed by atoms with E-state index in [1.165, 1.54) is 39.4 Å². The highest BCUT2D eigenvalue weighted by Gasteiger charge is 2.33. The zero-order valence-corrected chi connectivity index (χ0v) is 20.0. The average molecular weight is 455 g/mol. The van der Waals surface area contributed by atoms with E-state index in [-0.39, 0.29) is 27.9 Å². The molecule has 1 aromatic carbocycles. The highest BCUT2D eigenvalue weighted by atomic mass is 32.2. The van der Waals surface area contributed by atoms with Gasteiger partial charge in [-0.2, -0.15) is 0 Å². The van der Waals surface area contributed by atoms with E-state index in [4.69, 9.17) is 9.47 Å². The van der Waals surface area contributed by atoms with Crippen molar-refractivity contribution in [3.8, 4) is 5.75 Å². The van der Waals surface area contributed by atoms with Gasteiger partial charge < -0.3 is 14.8 Å². The van der Waals surface area contributed by atoms with Gasteiger partial charge >= 0.3 is 5.97 Å². The predicted octanol–water partition coefficient (Wildman–Crippen LogP) is 3.28. The third-order valence-corrected chi connectivity index (χ3v) is 7.67. The van der Waals surface area contributed by atoms with E-state index < -0.39 is 22.5 Å². The number of hydrogen-bond acceptors (Lipinski definition) is 6. The van der Waals surface area contributed by atoms with E-state index in [1.807, 2.05) is 0 Å². The minimum absolute atomic E-state index is 0.0150. The first kappa shape index (κ1) is 25.1. The number of sulfonamides is 1. The van der Waals surface area contributed by atoms with Crippen molar-refractivity contribution in [2.24, 2.45) is 17.3 Å². The fourth-order valence-corrected chi connectivity index (χ4v) is 4.72. The van der Waals surface area contributed by atoms with Crippen LogP contribution in [-0.4, -0.2) is 52.4 Å². The summed E-state index contributed by atoms with van der Waals surface area (Å²) in [4.78, 5) is 24.7. The molecule has 0 radical (unpaired) electrons. The van der Waals surface area contributed by atoms with Gasteiger partial charge in [0.05, 0.1) is 23.6 Å². The molecule has 0 heterocycles. The Labute approximate surface area is 185 Å². The van der Waals surface area contributed by atoms with E-state index in [0.29, 0.717) is 11.7 Å². The summed E-state index contributed by atoms with van der Waals surface area (Å²) < 4.78 is 36.2. The fraction of sp³-hybridized carbons (Fsp3) is 0.636. The van der Waals surface area contributed by atoms with Gasteiger partial charge in [0.2, 0.25) is 10.0 Å². The number of ether oxygens (including phenoxy) is 2. The Bertz CT molecular complexity index is 897. The molecule has 0 atom stereocenters. The molecule has 1 fully saturated rings. The first-order chi connectivity index (χ1) is 14.4. The predicted molar refractivity (Wildman–Crippen MR) is 118 cm³/mol. The van der Waals surface area contributed by atoms with Crippen molar-refractivity contribution in [2.45, 2.75) is 51.3 Å². The Hall–Kier alpha value is -2.13. The highest BCUT2D eigenvalue weighted by Crippen LogP contribution is 2.40. The second-order valence-electron chi connectivity index (χ2n) is 9.22. The zero-order valence-electron chi connectivity index (χ0n) is 19.2. The van der Waals surface area contributed by atoms with Crippen LogP contribution in [0.4, 0.5) is 5.69 Å². The van der Waals surface area contributed by atoms with Crippen molar-refractivity contribution in [2.75, 3.05) is 33.1 Å². The minimum Gasteiger partial charge on any atom is -0.495 e. The van der Waals surface area contributed by atoms with E-state index >= 15 is 0 Å². The zero-order chi connectivity index (χ0) is 23.4. The van der Waals surface area contributed by atoms with Gasteiger partial charge in [-0.15, -0.1) is 0 Å². The maximum atomic E-state index is 12.4. The summed E-state index contributed by atoms with van der Waals surface area (Å²) in [7, 11) is 0.587. The Morgan fingerprint density at radius 1 is 1.13 bits per heavy atom. The quantitative estimate of drug-likeness (QED) is 0.635. The Balaban J connectivity index is 1.96. The first-order valence-electron chi connectivity index (χ1n) is 10.4. The molecule has 8 nitrogen and oxygen atoms in total. The lowest BCUT2D eigenvalue weighted by Gasteiger charge is -2.36. The molecule has 174 valence electrons. The van der Waals surface area contributed by atoms with E-state index in [2.05, 4.69) is 26.1 Å². The summed E-state index contributed by atoms with van der Waals surface area (Å²) in [5.74, 6) is -0.224. The molecule has 0 aromatic heterocycles. The van der Waals surface area contributed by atoms with Crippen LogP contribution in [0.15, 0.2) is 23.1 Å². The maximum Gasteiger partial charge on any atom is 0.309 e. The number of hydrogen-bond donors (Lipinski definition) is 1. The first-order valence-corrected chi connectivity index (χ1v) is 11.9. The van der Waals surface area contributed by atoms with E-state index in [9.17, 15) is 18.0 Å². The molecule has 0 unspecified atom stereocenters. The number of rotatable bonds is 7. The van der Waals surface area contributed by atoms with Gasteiger partial charge in [0.15, 0.2) is 6.61 Å². The normalized spacial score (nSPS) is 19.7. The minimum atomic E-state index is -3.67. The molecule has 9 heteroatoms. The smallest absolute Gasteiger partial charge is 0.309 e. The van der Waals surface area contributed by atoms with Crippen LogP contribution in [0.1, 0.15) is 46.5 Å². The van der Waals surface area contributed by atoms with E-state index in [0.717, 1.165) is 30.0 Å². The second kappa shape index (κ2) is 9.99. The van der Waals surface area contributed by atoms with Crippen LogP contribution in [0.3, 0.4) is 0 Å². The summed E-state index contributed by atoms with van der Waals surface area (Å²) in [5, 5.41) is 2.57. The lowest BCUT2D eigenvalue weighted by atomic mass is 9.70. The number of nitrogens with zero attached hydrogens (tertiary/aromatic N) is 1. The molecular formula is C22H34N2O6S. The van der Waals surface area contributed by atoms with Crippen LogP contribution in [0.25, 0.3) is 0 Å². The van der Waals surface area contributed by atoms with Crippen molar-refractivity contribution >= 4 is 27.6 Å². The fourth-order valence-electron chi connectivity index (χ4n) is 3.79. The molecule has 0 saturated heterocycles. The molecule has 0 bridgehead atoms. The van der Waals surface area contributed by atoms with Crippen molar-refractivity contribution in [3.63, 3.8) is 0 Å². The van der Waals surface area contributed by atoms with Crippen LogP contribution in [0.2, 0.25) is 0 Å². The van der Waals surface area contributed by atoms with Crippen LogP contribution in [-0.2, 0) is 24.3 Å². The summed E-state index contributed by atoms with van der Waals surface area (Å²) in [6.07, 6.45) is 3.47. The molecule has 1 aliphatic carbocycles. The van der Waals surface area contributed by atoms with Gasteiger partial charge in [-0.05, 0) is 55.2 Å². The molecule has 0 spiro atoms. The van der Waals surface area contributed by atoms with Crippen LogP contribution >= 0.6 is 0 Å². The van der Waals surface area contributed by atoms with Gasteiger partial charge in [-0.25, -0.2) is 12.7 Å². The lowest BCUT2D eigenvalue weighted by molar-refractivity contribution is -0.153. The number of nitrogens with one attached hydrogen (secondary N) is 1. The number of esters is 1. The third kappa shape index (κ3) is 6.43. The Morgan fingerprint density at radius 2 is 1.74 bits per heavy atom. The number of benzene rings is 1. The number of amides is 1. The van der Waals surface area contributed by atoms with Gasteiger partial charge in [-0.3, -0.25) is 9.59 Å². The molecule has 1 aliphatic rings. The molecule has 1 saturated carbocycles. The highest BCUT2D eigenvalue weighted by molar-refractivity contribution is 7.89. The summed E-state index contributed by atoms with van der Waals surface area (Å²) in [5.41, 5.74) is 0.416. The largest absolute Gasteiger partial charge is 0.495 e. The SMILES string of the molecule is COc1ccc(S(=O)(=O)N(C)C)cc1NC(=O)COC(=O)C1CCC(C(C)(C)C)CC1. The van der Waals surface area contributed by atoms with Crippen molar-refractivity contribution < 1.29 is 27.5 Å². The molecular weight excluding hydrogens is 420 g/mol. The second-order valence-corrected chi connectivity index (χ2v) is 11.4. The molecule has 31 heavy (non-hydrogen) atoms. The lowest BCUT2D eigenvalue weighted by Crippen LogP contribution is -2.31. The average Bonchev–Trinajstić information content (AvgIpc) is 2.71. The van der Waals surface area contributed by atoms with Gasteiger partial charge in [0, 0.05) is 14.1 Å². The number of carbonyl (C=O) groups is 2. The van der Waals surface area contributed by atoms with E-state index in [1.54, 1.807) is 0 Å². The van der Waals surface area contributed by atoms with Crippen LogP contribution < -0.4 is 10.1 Å². The van der Waals surface area contributed by atoms with Gasteiger partial charge in [-0.1, -0.05) is 20.8 Å². The van der Waals surface area contributed by atoms with Crippen molar-refractivity contribution in [3.05, 3.63) is 18.2 Å². The topological polar surface area (TPSA) is 102 Å². The Morgan fingerprint density at radius 3 is 2.26 bits per heavy atom. The third-order valence-electron chi connectivity index (χ3n) is 5.85. The Kier molecular flexibility index (Phi) is 8.10. The van der Waals surface area contributed by atoms with Crippen molar-refractivity contribution in [1.82, 2.24) is 4.31 Å². The molecule has 2 rings (SSSR count). The van der Waals surface area contributed by atoms with Crippen molar-refractivity contribution in [1.29, 1.82) is 0 Å². The molecule has 0 aliphatic heterocycles. The molecule has 1 aromatic rings. The van der Waals surface area contributed by atoms with Gasteiger partial charge in [0.1, 0.15) is 5.75 Å². The summed E-state index contributed by atoms with van der Waals surface area (Å²) in [6, 6.07) is 4.19. The number of methoxy groups -OCH3 is 1. The van der Waals surface area contributed by atoms with Crippen LogP contribution in [0.5, 0.6) is 5.75 Å². The molecule has 1 amide bonds. The summed E-state index contributed by atoms with van der Waals surface area (Å²) in [6.45, 7) is 6.21.